The summed E-state index contributed by atoms with van der Waals surface area (Å²) in [5, 5.41) is 25.9. The summed E-state index contributed by atoms with van der Waals surface area (Å²) in [5.41, 5.74) is 12.4. The Morgan fingerprint density at radius 2 is 1.49 bits per heavy atom. The minimum Gasteiger partial charge on any atom is -0.480 e. The number of carboxylic acids is 1. The van der Waals surface area contributed by atoms with Crippen LogP contribution in [0.3, 0.4) is 0 Å². The van der Waals surface area contributed by atoms with Crippen molar-refractivity contribution >= 4 is 47.5 Å². The third kappa shape index (κ3) is 15.9. The first kappa shape index (κ1) is 47.2. The Labute approximate surface area is 345 Å². The molecule has 1 aliphatic heterocycles. The van der Waals surface area contributed by atoms with Crippen molar-refractivity contribution in [2.24, 2.45) is 22.4 Å². The van der Waals surface area contributed by atoms with Gasteiger partial charge in [-0.1, -0.05) is 74.5 Å². The Bertz CT molecular complexity index is 1760. The van der Waals surface area contributed by atoms with E-state index in [1.54, 1.807) is 13.8 Å². The van der Waals surface area contributed by atoms with Crippen molar-refractivity contribution in [3.05, 3.63) is 71.8 Å². The number of urea groups is 1. The zero-order valence-corrected chi connectivity index (χ0v) is 34.2. The van der Waals surface area contributed by atoms with Gasteiger partial charge < -0.3 is 53.4 Å². The van der Waals surface area contributed by atoms with E-state index in [-0.39, 0.29) is 51.2 Å². The normalized spacial score (nSPS) is 21.9. The van der Waals surface area contributed by atoms with Crippen LogP contribution in [0.1, 0.15) is 70.4 Å². The highest BCUT2D eigenvalue weighted by Crippen LogP contribution is 2.13. The molecular formula is C41H60N10O8. The third-order valence-electron chi connectivity index (χ3n) is 10.0. The molecule has 0 radical (unpaired) electrons. The molecule has 0 saturated carbocycles. The molecule has 0 spiro atoms. The number of amides is 7. The molecule has 18 heteroatoms. The van der Waals surface area contributed by atoms with E-state index in [2.05, 4.69) is 36.9 Å². The summed E-state index contributed by atoms with van der Waals surface area (Å²) in [6.45, 7) is 5.26. The fourth-order valence-corrected chi connectivity index (χ4v) is 6.42. The molecule has 3 rings (SSSR count). The smallest absolute Gasteiger partial charge is 0.326 e. The van der Waals surface area contributed by atoms with Gasteiger partial charge in [0.05, 0.1) is 0 Å². The molecule has 1 aliphatic rings. The first-order chi connectivity index (χ1) is 28.1. The van der Waals surface area contributed by atoms with Gasteiger partial charge in [0, 0.05) is 26.6 Å². The number of aryl methyl sites for hydroxylation is 1. The number of likely N-dealkylation sites (N-methyl/N-ethyl adjacent to an activating group) is 1. The van der Waals surface area contributed by atoms with Crippen molar-refractivity contribution in [1.29, 1.82) is 0 Å². The summed E-state index contributed by atoms with van der Waals surface area (Å²) in [5.74, 6) is -4.90. The molecule has 1 fully saturated rings. The standard InChI is InChI=1S/C41H60N10O8/c1-25(2)33-37(55)46-30(21-20-27-14-7-5-8-15-27)38(56)51(4)26(3)34(52)47-32(24-28-16-9-6-10-17-28)35(53)44-22-12-11-18-29(36(54)50-33)48-41(59)49-31(39(57)58)19-13-23-45-40(42)43/h5-10,14-17,25-26,29-33H,11-13,18-24H2,1-4H3,(H,44,53)(H,46,55)(H,47,52)(H,50,54)(H,57,58)(H4,42,43,45)(H2,48,49,59)/t26-,29+,30+,31+,32+,33+/m0/s1. The van der Waals surface area contributed by atoms with Crippen LogP contribution in [0.2, 0.25) is 0 Å². The Morgan fingerprint density at radius 1 is 0.864 bits per heavy atom. The van der Waals surface area contributed by atoms with Gasteiger partial charge in [-0.05, 0) is 68.9 Å². The van der Waals surface area contributed by atoms with Crippen molar-refractivity contribution < 1.29 is 38.7 Å². The van der Waals surface area contributed by atoms with Crippen LogP contribution in [0, 0.1) is 5.92 Å². The minimum atomic E-state index is -1.32. The predicted molar refractivity (Wildman–Crippen MR) is 221 cm³/mol. The van der Waals surface area contributed by atoms with Crippen LogP contribution >= 0.6 is 0 Å². The molecule has 7 amide bonds. The summed E-state index contributed by atoms with van der Waals surface area (Å²) in [6, 6.07) is 10.7. The van der Waals surface area contributed by atoms with E-state index in [9.17, 15) is 38.7 Å². The van der Waals surface area contributed by atoms with Gasteiger partial charge in [0.2, 0.25) is 29.5 Å². The van der Waals surface area contributed by atoms with Gasteiger partial charge >= 0.3 is 12.0 Å². The van der Waals surface area contributed by atoms with E-state index in [1.807, 2.05) is 60.7 Å². The molecule has 11 N–H and O–H groups in total. The van der Waals surface area contributed by atoms with Crippen LogP contribution in [0.15, 0.2) is 65.7 Å². The number of carbonyl (C=O) groups is 7. The molecule has 59 heavy (non-hydrogen) atoms. The molecule has 2 aromatic carbocycles. The lowest BCUT2D eigenvalue weighted by atomic mass is 9.99. The minimum absolute atomic E-state index is 0.00443. The molecule has 18 nitrogen and oxygen atoms in total. The summed E-state index contributed by atoms with van der Waals surface area (Å²) in [6.07, 6.45) is 1.69. The number of aliphatic carboxylic acids is 1. The van der Waals surface area contributed by atoms with Crippen LogP contribution < -0.4 is 43.4 Å². The van der Waals surface area contributed by atoms with Gasteiger partial charge in [0.25, 0.3) is 0 Å². The quantitative estimate of drug-likeness (QED) is 0.0757. The summed E-state index contributed by atoms with van der Waals surface area (Å²) < 4.78 is 0. The number of aliphatic imine (C=N–C) groups is 1. The molecule has 6 atom stereocenters. The van der Waals surface area contributed by atoms with Gasteiger partial charge in [-0.2, -0.15) is 0 Å². The van der Waals surface area contributed by atoms with E-state index in [0.29, 0.717) is 19.3 Å². The zero-order valence-electron chi connectivity index (χ0n) is 34.2. The van der Waals surface area contributed by atoms with Gasteiger partial charge in [0.1, 0.15) is 36.3 Å². The van der Waals surface area contributed by atoms with Crippen molar-refractivity contribution in [1.82, 2.24) is 36.8 Å². The molecule has 2 aromatic rings. The fraction of sp³-hybridized carbons (Fsp3) is 0.512. The van der Waals surface area contributed by atoms with Crippen LogP contribution in [0.25, 0.3) is 0 Å². The van der Waals surface area contributed by atoms with Crippen molar-refractivity contribution in [2.75, 3.05) is 20.1 Å². The molecule has 0 aliphatic carbocycles. The Kier molecular flexibility index (Phi) is 19.1. The highest BCUT2D eigenvalue weighted by Gasteiger charge is 2.35. The summed E-state index contributed by atoms with van der Waals surface area (Å²) >= 11 is 0. The highest BCUT2D eigenvalue weighted by molar-refractivity contribution is 5.96. The number of nitrogens with one attached hydrogen (secondary N) is 6. The second kappa shape index (κ2) is 23.9. The van der Waals surface area contributed by atoms with Crippen LogP contribution in [0.5, 0.6) is 0 Å². The third-order valence-corrected chi connectivity index (χ3v) is 10.0. The molecule has 0 bridgehead atoms. The number of hydrogen-bond donors (Lipinski definition) is 9. The SMILES string of the molecule is CC(C)[C@H]1NC(=O)[C@H](NC(=O)N[C@H](CCCN=C(N)N)C(=O)O)CCCCNC(=O)[C@@H](Cc2ccccc2)NC(=O)[C@H](C)N(C)C(=O)[C@@H](CCc2ccccc2)NC1=O. The molecular weight excluding hydrogens is 761 g/mol. The van der Waals surface area contributed by atoms with Crippen molar-refractivity contribution in [2.45, 2.75) is 108 Å². The van der Waals surface area contributed by atoms with E-state index < -0.39 is 83.7 Å². The molecule has 0 unspecified atom stereocenters. The van der Waals surface area contributed by atoms with E-state index in [1.165, 1.54) is 18.9 Å². The number of carbonyl (C=O) groups excluding carboxylic acids is 6. The average Bonchev–Trinajstić information content (AvgIpc) is 3.20. The lowest BCUT2D eigenvalue weighted by Gasteiger charge is -2.31. The maximum atomic E-state index is 14.2. The van der Waals surface area contributed by atoms with Gasteiger partial charge in [-0.15, -0.1) is 0 Å². The van der Waals surface area contributed by atoms with E-state index >= 15 is 0 Å². The number of carboxylic acid groups (broad SMARTS) is 1. The summed E-state index contributed by atoms with van der Waals surface area (Å²) in [4.78, 5) is 99.5. The number of nitrogens with two attached hydrogens (primary N) is 2. The topological polar surface area (TPSA) is 280 Å². The molecule has 322 valence electrons. The Balaban J connectivity index is 1.94. The average molecular weight is 821 g/mol. The Hall–Kier alpha value is -6.20. The predicted octanol–water partition coefficient (Wildman–Crippen LogP) is 0.294. The molecule has 0 aromatic heterocycles. The number of rotatable bonds is 13. The first-order valence-corrected chi connectivity index (χ1v) is 20.0. The number of hydrogen-bond acceptors (Lipinski definition) is 8. The maximum Gasteiger partial charge on any atom is 0.326 e. The largest absolute Gasteiger partial charge is 0.480 e. The van der Waals surface area contributed by atoms with Gasteiger partial charge in [-0.25, -0.2) is 9.59 Å². The second-order valence-corrected chi connectivity index (χ2v) is 15.0. The number of benzene rings is 2. The fourth-order valence-electron chi connectivity index (χ4n) is 6.42. The zero-order chi connectivity index (χ0) is 43.5. The number of nitrogens with zero attached hydrogens (tertiary/aromatic N) is 2. The summed E-state index contributed by atoms with van der Waals surface area (Å²) in [7, 11) is 1.45. The first-order valence-electron chi connectivity index (χ1n) is 20.0. The van der Waals surface area contributed by atoms with E-state index in [0.717, 1.165) is 11.1 Å². The lowest BCUT2D eigenvalue weighted by Crippen LogP contribution is -2.60. The molecule has 1 heterocycles. The Morgan fingerprint density at radius 3 is 2.10 bits per heavy atom. The van der Waals surface area contributed by atoms with Crippen LogP contribution in [0.4, 0.5) is 4.79 Å². The monoisotopic (exact) mass is 820 g/mol. The maximum absolute atomic E-state index is 14.2. The second-order valence-electron chi connectivity index (χ2n) is 15.0. The van der Waals surface area contributed by atoms with Crippen molar-refractivity contribution in [3.8, 4) is 0 Å². The number of guanidine groups is 1. The van der Waals surface area contributed by atoms with Gasteiger partial charge in [0.15, 0.2) is 5.96 Å². The highest BCUT2D eigenvalue weighted by atomic mass is 16.4. The van der Waals surface area contributed by atoms with Gasteiger partial charge in [-0.3, -0.25) is 29.0 Å². The molecule has 1 saturated heterocycles. The van der Waals surface area contributed by atoms with E-state index in [4.69, 9.17) is 11.5 Å². The van der Waals surface area contributed by atoms with Crippen molar-refractivity contribution in [3.63, 3.8) is 0 Å². The lowest BCUT2D eigenvalue weighted by molar-refractivity contribution is -0.142. The van der Waals surface area contributed by atoms with Crippen LogP contribution in [-0.4, -0.2) is 114 Å². The van der Waals surface area contributed by atoms with Crippen LogP contribution in [-0.2, 0) is 41.6 Å².